The van der Waals surface area contributed by atoms with E-state index in [0.29, 0.717) is 0 Å². The lowest BCUT2D eigenvalue weighted by Gasteiger charge is -2.21. The van der Waals surface area contributed by atoms with Crippen LogP contribution in [0.15, 0.2) is 48.9 Å². The molecule has 2 heterocycles. The summed E-state index contributed by atoms with van der Waals surface area (Å²) in [6.45, 7) is 2.09. The zero-order chi connectivity index (χ0) is 17.9. The van der Waals surface area contributed by atoms with Crippen LogP contribution >= 0.6 is 0 Å². The summed E-state index contributed by atoms with van der Waals surface area (Å²) in [6.07, 6.45) is 13.1. The van der Waals surface area contributed by atoms with E-state index in [1.165, 1.54) is 54.1 Å². The molecule has 0 atom stereocenters. The lowest BCUT2D eigenvalue weighted by Crippen LogP contribution is -2.18. The van der Waals surface area contributed by atoms with Crippen molar-refractivity contribution in [2.75, 3.05) is 20.6 Å². The van der Waals surface area contributed by atoms with Crippen LogP contribution in [-0.2, 0) is 6.54 Å². The van der Waals surface area contributed by atoms with Crippen molar-refractivity contribution in [2.45, 2.75) is 44.6 Å². The van der Waals surface area contributed by atoms with Gasteiger partial charge in [-0.05, 0) is 56.1 Å². The van der Waals surface area contributed by atoms with Gasteiger partial charge in [-0.3, -0.25) is 4.98 Å². The molecule has 0 amide bonds. The first-order valence-corrected chi connectivity index (χ1v) is 9.90. The highest BCUT2D eigenvalue weighted by atomic mass is 15.1. The second kappa shape index (κ2) is 7.63. The average molecular weight is 348 g/mol. The van der Waals surface area contributed by atoms with E-state index in [2.05, 4.69) is 59.0 Å². The molecule has 0 bridgehead atoms. The number of likely N-dealkylation sites (N-methyl/N-ethyl adjacent to an activating group) is 1. The molecule has 3 nitrogen and oxygen atoms in total. The number of benzene rings is 1. The maximum Gasteiger partial charge on any atom is 0.0489 e. The summed E-state index contributed by atoms with van der Waals surface area (Å²) < 4.78 is 2.47. The van der Waals surface area contributed by atoms with E-state index in [9.17, 15) is 0 Å². The standard InChI is InChI=1S/C23H29N3/c1-25(2)13-14-26-17-22(18-7-4-3-5-8-18)21-11-10-19(15-23(21)26)20-9-6-12-24-16-20/h6,9-12,15-18H,3-5,7-8,13-14H2,1-2H3. The lowest BCUT2D eigenvalue weighted by atomic mass is 9.84. The quantitative estimate of drug-likeness (QED) is 0.623. The Balaban J connectivity index is 1.77. The highest BCUT2D eigenvalue weighted by Gasteiger charge is 2.20. The number of nitrogens with zero attached hydrogens (tertiary/aromatic N) is 3. The SMILES string of the molecule is CN(C)CCn1cc(C2CCCCC2)c2ccc(-c3cccnc3)cc21. The van der Waals surface area contributed by atoms with Crippen LogP contribution in [0.1, 0.15) is 43.6 Å². The van der Waals surface area contributed by atoms with Gasteiger partial charge in [-0.1, -0.05) is 37.5 Å². The molecule has 4 rings (SSSR count). The van der Waals surface area contributed by atoms with Gasteiger partial charge in [0.1, 0.15) is 0 Å². The van der Waals surface area contributed by atoms with E-state index in [0.717, 1.165) is 19.0 Å². The molecule has 1 aliphatic carbocycles. The zero-order valence-corrected chi connectivity index (χ0v) is 16.0. The first kappa shape index (κ1) is 17.3. The molecule has 0 unspecified atom stereocenters. The van der Waals surface area contributed by atoms with Crippen molar-refractivity contribution in [1.29, 1.82) is 0 Å². The first-order chi connectivity index (χ1) is 12.7. The Morgan fingerprint density at radius 1 is 1.08 bits per heavy atom. The van der Waals surface area contributed by atoms with Gasteiger partial charge in [0.2, 0.25) is 0 Å². The minimum absolute atomic E-state index is 0.732. The van der Waals surface area contributed by atoms with Crippen LogP contribution in [-0.4, -0.2) is 35.1 Å². The van der Waals surface area contributed by atoms with Gasteiger partial charge in [0.25, 0.3) is 0 Å². The van der Waals surface area contributed by atoms with E-state index in [-0.39, 0.29) is 0 Å². The van der Waals surface area contributed by atoms with Crippen molar-refractivity contribution in [2.24, 2.45) is 0 Å². The number of hydrogen-bond acceptors (Lipinski definition) is 2. The van der Waals surface area contributed by atoms with Crippen LogP contribution in [0, 0.1) is 0 Å². The molecule has 1 saturated carbocycles. The van der Waals surface area contributed by atoms with Crippen molar-refractivity contribution in [3.63, 3.8) is 0 Å². The molecule has 0 saturated heterocycles. The molecule has 136 valence electrons. The molecule has 3 heteroatoms. The molecular weight excluding hydrogens is 318 g/mol. The fraction of sp³-hybridized carbons (Fsp3) is 0.435. The number of aromatic nitrogens is 2. The molecule has 1 aromatic carbocycles. The smallest absolute Gasteiger partial charge is 0.0489 e. The normalized spacial score (nSPS) is 15.8. The largest absolute Gasteiger partial charge is 0.346 e. The summed E-state index contributed by atoms with van der Waals surface area (Å²) in [4.78, 5) is 6.55. The summed E-state index contributed by atoms with van der Waals surface area (Å²) in [5, 5.41) is 1.45. The molecule has 3 aromatic rings. The van der Waals surface area contributed by atoms with Gasteiger partial charge in [0.15, 0.2) is 0 Å². The summed E-state index contributed by atoms with van der Waals surface area (Å²) in [5.74, 6) is 0.732. The lowest BCUT2D eigenvalue weighted by molar-refractivity contribution is 0.386. The molecule has 0 N–H and O–H groups in total. The van der Waals surface area contributed by atoms with Crippen molar-refractivity contribution < 1.29 is 0 Å². The Kier molecular flexibility index (Phi) is 5.07. The Hall–Kier alpha value is -2.13. The number of rotatable bonds is 5. The topological polar surface area (TPSA) is 21.1 Å². The second-order valence-corrected chi connectivity index (χ2v) is 7.89. The average Bonchev–Trinajstić information content (AvgIpc) is 3.06. The van der Waals surface area contributed by atoms with Crippen molar-refractivity contribution in [3.05, 3.63) is 54.5 Å². The minimum Gasteiger partial charge on any atom is -0.346 e. The molecule has 0 radical (unpaired) electrons. The van der Waals surface area contributed by atoms with Crippen LogP contribution in [0.5, 0.6) is 0 Å². The Morgan fingerprint density at radius 3 is 2.65 bits per heavy atom. The summed E-state index contributed by atoms with van der Waals surface area (Å²) >= 11 is 0. The van der Waals surface area contributed by atoms with E-state index < -0.39 is 0 Å². The maximum absolute atomic E-state index is 4.29. The third-order valence-corrected chi connectivity index (χ3v) is 5.74. The highest BCUT2D eigenvalue weighted by Crippen LogP contribution is 2.38. The van der Waals surface area contributed by atoms with Crippen molar-refractivity contribution >= 4 is 10.9 Å². The second-order valence-electron chi connectivity index (χ2n) is 7.89. The fourth-order valence-electron chi connectivity index (χ4n) is 4.27. The summed E-state index contributed by atoms with van der Waals surface area (Å²) in [6, 6.07) is 11.1. The van der Waals surface area contributed by atoms with E-state index >= 15 is 0 Å². The van der Waals surface area contributed by atoms with Crippen LogP contribution in [0.2, 0.25) is 0 Å². The van der Waals surface area contributed by atoms with Crippen LogP contribution in [0.25, 0.3) is 22.0 Å². The summed E-state index contributed by atoms with van der Waals surface area (Å²) in [7, 11) is 4.30. The molecular formula is C23H29N3. The Bertz CT molecular complexity index is 858. The Labute approximate surface area is 156 Å². The van der Waals surface area contributed by atoms with Gasteiger partial charge < -0.3 is 9.47 Å². The van der Waals surface area contributed by atoms with Gasteiger partial charge in [-0.2, -0.15) is 0 Å². The van der Waals surface area contributed by atoms with Crippen LogP contribution < -0.4 is 0 Å². The molecule has 1 fully saturated rings. The monoisotopic (exact) mass is 347 g/mol. The highest BCUT2D eigenvalue weighted by molar-refractivity contribution is 5.88. The number of fused-ring (bicyclic) bond motifs is 1. The van der Waals surface area contributed by atoms with Gasteiger partial charge in [-0.15, -0.1) is 0 Å². The third kappa shape index (κ3) is 3.54. The van der Waals surface area contributed by atoms with Crippen LogP contribution in [0.4, 0.5) is 0 Å². The van der Waals surface area contributed by atoms with Gasteiger partial charge in [0.05, 0.1) is 0 Å². The molecule has 2 aromatic heterocycles. The predicted octanol–water partition coefficient (Wildman–Crippen LogP) is 5.31. The predicted molar refractivity (Wildman–Crippen MR) is 110 cm³/mol. The zero-order valence-electron chi connectivity index (χ0n) is 16.0. The van der Waals surface area contributed by atoms with E-state index in [1.54, 1.807) is 5.56 Å². The minimum atomic E-state index is 0.732. The molecule has 1 aliphatic rings. The van der Waals surface area contributed by atoms with E-state index in [4.69, 9.17) is 0 Å². The number of pyridine rings is 1. The van der Waals surface area contributed by atoms with Gasteiger partial charge in [0, 0.05) is 48.1 Å². The fourth-order valence-corrected chi connectivity index (χ4v) is 4.27. The molecule has 0 aliphatic heterocycles. The third-order valence-electron chi connectivity index (χ3n) is 5.74. The van der Waals surface area contributed by atoms with Crippen molar-refractivity contribution in [3.8, 4) is 11.1 Å². The van der Waals surface area contributed by atoms with Gasteiger partial charge >= 0.3 is 0 Å². The molecule has 26 heavy (non-hydrogen) atoms. The van der Waals surface area contributed by atoms with E-state index in [1.807, 2.05) is 18.5 Å². The number of hydrogen-bond donors (Lipinski definition) is 0. The Morgan fingerprint density at radius 2 is 1.92 bits per heavy atom. The van der Waals surface area contributed by atoms with Gasteiger partial charge in [-0.25, -0.2) is 0 Å². The maximum atomic E-state index is 4.29. The van der Waals surface area contributed by atoms with Crippen LogP contribution in [0.3, 0.4) is 0 Å². The molecule has 0 spiro atoms. The summed E-state index contributed by atoms with van der Waals surface area (Å²) in [5.41, 5.74) is 5.38. The first-order valence-electron chi connectivity index (χ1n) is 9.90. The van der Waals surface area contributed by atoms with Crippen molar-refractivity contribution in [1.82, 2.24) is 14.5 Å².